The first-order valence-electron chi connectivity index (χ1n) is 5.09. The van der Waals surface area contributed by atoms with E-state index in [1.807, 2.05) is 0 Å². The Hall–Kier alpha value is -1.11. The van der Waals surface area contributed by atoms with E-state index in [1.54, 1.807) is 24.3 Å². The van der Waals surface area contributed by atoms with E-state index in [4.69, 9.17) is 5.73 Å². The van der Waals surface area contributed by atoms with E-state index in [1.165, 1.54) is 7.05 Å². The van der Waals surface area contributed by atoms with Crippen LogP contribution in [0.3, 0.4) is 0 Å². The van der Waals surface area contributed by atoms with Crippen molar-refractivity contribution in [2.24, 2.45) is 5.73 Å². The van der Waals surface area contributed by atoms with Crippen LogP contribution in [0, 0.1) is 0 Å². The molecule has 0 spiro atoms. The van der Waals surface area contributed by atoms with Gasteiger partial charge in [-0.3, -0.25) is 0 Å². The Balaban J connectivity index is 2.31. The molecule has 1 aliphatic rings. The van der Waals surface area contributed by atoms with E-state index < -0.39 is 10.0 Å². The lowest BCUT2D eigenvalue weighted by Gasteiger charge is -2.11. The molecule has 0 bridgehead atoms. The molecule has 0 aromatic heterocycles. The van der Waals surface area contributed by atoms with Gasteiger partial charge >= 0.3 is 0 Å². The normalized spacial score (nSPS) is 24.1. The lowest BCUT2D eigenvalue weighted by molar-refractivity contribution is 0.588. The molecule has 88 valence electrons. The number of sulfonamides is 1. The summed E-state index contributed by atoms with van der Waals surface area (Å²) in [6.45, 7) is 0. The van der Waals surface area contributed by atoms with Crippen molar-refractivity contribution >= 4 is 15.7 Å². The number of nitrogens with two attached hydrogens (primary N) is 1. The van der Waals surface area contributed by atoms with Crippen molar-refractivity contribution in [3.05, 3.63) is 24.3 Å². The van der Waals surface area contributed by atoms with E-state index >= 15 is 0 Å². The number of hydrogen-bond donors (Lipinski definition) is 3. The minimum atomic E-state index is -3.42. The van der Waals surface area contributed by atoms with Crippen molar-refractivity contribution < 1.29 is 8.42 Å². The van der Waals surface area contributed by atoms with Crippen LogP contribution >= 0.6 is 0 Å². The Labute approximate surface area is 95.1 Å². The van der Waals surface area contributed by atoms with Gasteiger partial charge in [-0.1, -0.05) is 12.1 Å². The number of benzene rings is 1. The number of hydrogen-bond acceptors (Lipinski definition) is 4. The minimum Gasteiger partial charge on any atom is -0.380 e. The Morgan fingerprint density at radius 3 is 2.56 bits per heavy atom. The highest BCUT2D eigenvalue weighted by atomic mass is 32.2. The molecule has 0 saturated heterocycles. The zero-order valence-corrected chi connectivity index (χ0v) is 9.79. The van der Waals surface area contributed by atoms with Crippen LogP contribution in [-0.2, 0) is 10.0 Å². The van der Waals surface area contributed by atoms with Gasteiger partial charge in [0.15, 0.2) is 0 Å². The largest absolute Gasteiger partial charge is 0.380 e. The van der Waals surface area contributed by atoms with Crippen molar-refractivity contribution in [1.29, 1.82) is 0 Å². The van der Waals surface area contributed by atoms with Crippen molar-refractivity contribution in [1.82, 2.24) is 4.72 Å². The van der Waals surface area contributed by atoms with Crippen molar-refractivity contribution in [3.8, 4) is 0 Å². The van der Waals surface area contributed by atoms with E-state index in [-0.39, 0.29) is 17.0 Å². The summed E-state index contributed by atoms with van der Waals surface area (Å²) in [5.41, 5.74) is 6.28. The van der Waals surface area contributed by atoms with Crippen LogP contribution in [0.15, 0.2) is 29.2 Å². The van der Waals surface area contributed by atoms with Gasteiger partial charge < -0.3 is 11.1 Å². The van der Waals surface area contributed by atoms with E-state index in [0.717, 1.165) is 6.42 Å². The lowest BCUT2D eigenvalue weighted by Crippen LogP contribution is -2.21. The molecule has 1 aliphatic carbocycles. The van der Waals surface area contributed by atoms with Crippen molar-refractivity contribution in [2.75, 3.05) is 12.4 Å². The Bertz CT molecular complexity index is 487. The molecule has 1 saturated carbocycles. The molecule has 16 heavy (non-hydrogen) atoms. The molecular weight excluding hydrogens is 226 g/mol. The predicted octanol–water partition coefficient (Wildman–Crippen LogP) is 0.106. The van der Waals surface area contributed by atoms with Gasteiger partial charge in [0.05, 0.1) is 5.69 Å². The first-order chi connectivity index (χ1) is 7.54. The summed E-state index contributed by atoms with van der Waals surface area (Å²) in [4.78, 5) is 0.261. The average molecular weight is 241 g/mol. The van der Waals surface area contributed by atoms with Crippen LogP contribution in [0.1, 0.15) is 6.42 Å². The molecule has 0 heterocycles. The fourth-order valence-corrected chi connectivity index (χ4v) is 2.40. The van der Waals surface area contributed by atoms with Crippen LogP contribution in [0.25, 0.3) is 0 Å². The topological polar surface area (TPSA) is 84.2 Å². The van der Waals surface area contributed by atoms with Crippen LogP contribution in [0.5, 0.6) is 0 Å². The van der Waals surface area contributed by atoms with Crippen LogP contribution in [0.2, 0.25) is 0 Å². The van der Waals surface area contributed by atoms with Crippen LogP contribution in [-0.4, -0.2) is 27.5 Å². The molecule has 4 N–H and O–H groups in total. The standard InChI is InChI=1S/C10H15N3O2S/c1-12-16(14,15)10-5-3-2-4-8(10)13-9-6-7(9)11/h2-5,7,9,12-13H,6,11H2,1H3. The zero-order valence-electron chi connectivity index (χ0n) is 8.97. The molecule has 1 aromatic carbocycles. The first-order valence-corrected chi connectivity index (χ1v) is 6.57. The Morgan fingerprint density at radius 2 is 2.00 bits per heavy atom. The summed E-state index contributed by atoms with van der Waals surface area (Å²) in [6, 6.07) is 7.13. The number of rotatable bonds is 4. The predicted molar refractivity (Wildman–Crippen MR) is 62.7 cm³/mol. The molecule has 0 amide bonds. The number of anilines is 1. The quantitative estimate of drug-likeness (QED) is 0.698. The average Bonchev–Trinajstić information content (AvgIpc) is 2.95. The smallest absolute Gasteiger partial charge is 0.242 e. The molecule has 2 rings (SSSR count). The highest BCUT2D eigenvalue weighted by molar-refractivity contribution is 7.89. The van der Waals surface area contributed by atoms with Gasteiger partial charge in [-0.2, -0.15) is 0 Å². The monoisotopic (exact) mass is 241 g/mol. The van der Waals surface area contributed by atoms with Gasteiger partial charge in [0.25, 0.3) is 0 Å². The second-order valence-electron chi connectivity index (χ2n) is 3.85. The Kier molecular flexibility index (Phi) is 2.88. The summed E-state index contributed by atoms with van der Waals surface area (Å²) in [5, 5.41) is 3.13. The minimum absolute atomic E-state index is 0.130. The third-order valence-corrected chi connectivity index (χ3v) is 4.10. The van der Waals surface area contributed by atoms with Crippen LogP contribution < -0.4 is 15.8 Å². The third kappa shape index (κ3) is 2.18. The SMILES string of the molecule is CNS(=O)(=O)c1ccccc1NC1CC1N. The molecule has 0 aliphatic heterocycles. The lowest BCUT2D eigenvalue weighted by atomic mass is 10.3. The maximum Gasteiger partial charge on any atom is 0.242 e. The van der Waals surface area contributed by atoms with Crippen molar-refractivity contribution in [2.45, 2.75) is 23.4 Å². The number of nitrogens with one attached hydrogen (secondary N) is 2. The summed E-state index contributed by atoms with van der Waals surface area (Å²) in [6.07, 6.45) is 0.883. The van der Waals surface area contributed by atoms with Crippen molar-refractivity contribution in [3.63, 3.8) is 0 Å². The van der Waals surface area contributed by atoms with E-state index in [2.05, 4.69) is 10.0 Å². The molecule has 1 fully saturated rings. The summed E-state index contributed by atoms with van der Waals surface area (Å²) >= 11 is 0. The molecule has 1 aromatic rings. The highest BCUT2D eigenvalue weighted by Crippen LogP contribution is 2.27. The second-order valence-corrected chi connectivity index (χ2v) is 5.71. The molecule has 2 unspecified atom stereocenters. The van der Waals surface area contributed by atoms with Crippen LogP contribution in [0.4, 0.5) is 5.69 Å². The van der Waals surface area contributed by atoms with Gasteiger partial charge in [0, 0.05) is 12.1 Å². The maximum absolute atomic E-state index is 11.7. The van der Waals surface area contributed by atoms with Gasteiger partial charge in [-0.15, -0.1) is 0 Å². The molecule has 2 atom stereocenters. The molecule has 0 radical (unpaired) electrons. The second kappa shape index (κ2) is 4.04. The summed E-state index contributed by atoms with van der Waals surface area (Å²) in [5.74, 6) is 0. The molecular formula is C10H15N3O2S. The summed E-state index contributed by atoms with van der Waals surface area (Å²) < 4.78 is 25.7. The third-order valence-electron chi connectivity index (χ3n) is 2.63. The fourth-order valence-electron chi connectivity index (χ4n) is 1.51. The summed E-state index contributed by atoms with van der Waals surface area (Å²) in [7, 11) is -2.02. The van der Waals surface area contributed by atoms with E-state index in [9.17, 15) is 8.42 Å². The van der Waals surface area contributed by atoms with Gasteiger partial charge in [-0.25, -0.2) is 13.1 Å². The van der Waals surface area contributed by atoms with E-state index in [0.29, 0.717) is 5.69 Å². The van der Waals surface area contributed by atoms with Gasteiger partial charge in [-0.05, 0) is 25.6 Å². The highest BCUT2D eigenvalue weighted by Gasteiger charge is 2.34. The maximum atomic E-state index is 11.7. The first kappa shape index (κ1) is 11.4. The fraction of sp³-hybridized carbons (Fsp3) is 0.400. The van der Waals surface area contributed by atoms with Gasteiger partial charge in [0.1, 0.15) is 4.90 Å². The number of para-hydroxylation sites is 1. The van der Waals surface area contributed by atoms with Gasteiger partial charge in [0.2, 0.25) is 10.0 Å². The molecule has 6 heteroatoms. The zero-order chi connectivity index (χ0) is 11.8. The molecule has 5 nitrogen and oxygen atoms in total. The Morgan fingerprint density at radius 1 is 1.38 bits per heavy atom.